The van der Waals surface area contributed by atoms with Crippen molar-refractivity contribution in [2.45, 2.75) is 44.7 Å². The largest absolute Gasteiger partial charge is 0.416 e. The Morgan fingerprint density at radius 1 is 0.903 bits per heavy atom. The molecule has 3 heterocycles. The number of halogens is 3. The van der Waals surface area contributed by atoms with E-state index in [1.807, 2.05) is 0 Å². The molecule has 1 fully saturated rings. The number of rotatable bonds is 1. The zero-order chi connectivity index (χ0) is 22.0. The number of benzene rings is 1. The fourth-order valence-electron chi connectivity index (χ4n) is 3.84. The lowest BCUT2D eigenvalue weighted by atomic mass is 10.0. The smallest absolute Gasteiger partial charge is 0.368 e. The molecule has 0 unspecified atom stereocenters. The Labute approximate surface area is 175 Å². The molecule has 9 heteroatoms. The molecule has 4 aromatic rings. The summed E-state index contributed by atoms with van der Waals surface area (Å²) in [6.45, 7) is 0. The summed E-state index contributed by atoms with van der Waals surface area (Å²) in [6, 6.07) is 3.43. The molecule has 1 saturated carbocycles. The van der Waals surface area contributed by atoms with Gasteiger partial charge in [-0.1, -0.05) is 44.6 Å². The van der Waals surface area contributed by atoms with Crippen LogP contribution in [0.15, 0.2) is 41.6 Å². The first-order chi connectivity index (χ1) is 14.8. The number of hydrogen-bond acceptors (Lipinski definition) is 4. The third-order valence-electron chi connectivity index (χ3n) is 5.45. The van der Waals surface area contributed by atoms with Crippen molar-refractivity contribution >= 4 is 27.8 Å². The molecule has 0 bridgehead atoms. The van der Waals surface area contributed by atoms with Crippen molar-refractivity contribution in [3.8, 4) is 11.1 Å². The lowest BCUT2D eigenvalue weighted by Gasteiger charge is -2.07. The van der Waals surface area contributed by atoms with E-state index in [1.54, 1.807) is 6.20 Å². The summed E-state index contributed by atoms with van der Waals surface area (Å²) >= 11 is 0. The van der Waals surface area contributed by atoms with Crippen molar-refractivity contribution in [2.75, 3.05) is 5.73 Å². The molecule has 3 aromatic heterocycles. The molecule has 0 spiro atoms. The van der Waals surface area contributed by atoms with Crippen LogP contribution in [0.25, 0.3) is 32.9 Å². The molecule has 162 valence electrons. The minimum Gasteiger partial charge on any atom is -0.368 e. The molecule has 5 rings (SSSR count). The van der Waals surface area contributed by atoms with E-state index in [-0.39, 0.29) is 16.9 Å². The molecule has 1 aliphatic rings. The van der Waals surface area contributed by atoms with Crippen molar-refractivity contribution in [2.24, 2.45) is 0 Å². The number of nitrogens with two attached hydrogens (primary N) is 1. The van der Waals surface area contributed by atoms with Crippen LogP contribution >= 0.6 is 0 Å². The number of nitrogens with zero attached hydrogens (tertiary/aromatic N) is 2. The number of pyridine rings is 1. The first kappa shape index (κ1) is 20.9. The summed E-state index contributed by atoms with van der Waals surface area (Å²) in [4.78, 5) is 25.2. The fourth-order valence-corrected chi connectivity index (χ4v) is 3.84. The second-order valence-corrected chi connectivity index (χ2v) is 7.60. The van der Waals surface area contributed by atoms with Crippen LogP contribution in [0.2, 0.25) is 0 Å². The van der Waals surface area contributed by atoms with E-state index in [0.717, 1.165) is 12.1 Å². The van der Waals surface area contributed by atoms with Crippen LogP contribution in [0.5, 0.6) is 0 Å². The van der Waals surface area contributed by atoms with E-state index in [2.05, 4.69) is 19.9 Å². The molecule has 0 amide bonds. The number of hydrogen-bond donors (Lipinski definition) is 3. The topological polar surface area (TPSA) is 100 Å². The van der Waals surface area contributed by atoms with Gasteiger partial charge in [0.2, 0.25) is 5.95 Å². The Morgan fingerprint density at radius 2 is 1.55 bits per heavy atom. The minimum atomic E-state index is -4.42. The number of alkyl halides is 3. The Hall–Kier alpha value is -3.36. The highest BCUT2D eigenvalue weighted by atomic mass is 19.4. The molecule has 1 aromatic carbocycles. The Bertz CT molecular complexity index is 1260. The van der Waals surface area contributed by atoms with Gasteiger partial charge in [0.15, 0.2) is 0 Å². The van der Waals surface area contributed by atoms with Gasteiger partial charge in [0.1, 0.15) is 0 Å². The molecule has 0 radical (unpaired) electrons. The van der Waals surface area contributed by atoms with Gasteiger partial charge in [0, 0.05) is 40.6 Å². The zero-order valence-corrected chi connectivity index (χ0v) is 16.7. The molecule has 31 heavy (non-hydrogen) atoms. The number of anilines is 1. The summed E-state index contributed by atoms with van der Waals surface area (Å²) in [5.74, 6) is -0.00134. The predicted molar refractivity (Wildman–Crippen MR) is 115 cm³/mol. The van der Waals surface area contributed by atoms with Crippen molar-refractivity contribution in [3.63, 3.8) is 0 Å². The van der Waals surface area contributed by atoms with Gasteiger partial charge < -0.3 is 15.7 Å². The normalized spacial score (nSPS) is 14.4. The minimum absolute atomic E-state index is 0.00134. The second-order valence-electron chi connectivity index (χ2n) is 7.60. The molecule has 0 atom stereocenters. The summed E-state index contributed by atoms with van der Waals surface area (Å²) in [7, 11) is 0. The van der Waals surface area contributed by atoms with Crippen molar-refractivity contribution in [1.29, 1.82) is 0 Å². The van der Waals surface area contributed by atoms with Gasteiger partial charge >= 0.3 is 6.18 Å². The van der Waals surface area contributed by atoms with Gasteiger partial charge in [-0.3, -0.25) is 4.79 Å². The summed E-state index contributed by atoms with van der Waals surface area (Å²) in [5, 5.41) is 0.812. The van der Waals surface area contributed by atoms with Crippen molar-refractivity contribution in [3.05, 3.63) is 52.7 Å². The SMILES string of the molecule is C1CCCCC1.Nc1ncc2c(=O)[nH]cc(-c3c[nH]c4cc(C(F)(F)F)ccc34)c2n1. The van der Waals surface area contributed by atoms with E-state index >= 15 is 0 Å². The van der Waals surface area contributed by atoms with E-state index < -0.39 is 11.7 Å². The molecule has 0 aliphatic heterocycles. The van der Waals surface area contributed by atoms with Crippen LogP contribution in [0.3, 0.4) is 0 Å². The third kappa shape index (κ3) is 4.40. The van der Waals surface area contributed by atoms with Crippen LogP contribution in [-0.2, 0) is 6.18 Å². The summed E-state index contributed by atoms with van der Waals surface area (Å²) in [6.07, 6.45) is 8.91. The third-order valence-corrected chi connectivity index (χ3v) is 5.45. The maximum Gasteiger partial charge on any atom is 0.416 e. The van der Waals surface area contributed by atoms with Crippen molar-refractivity contribution in [1.82, 2.24) is 19.9 Å². The average Bonchev–Trinajstić information content (AvgIpc) is 3.18. The van der Waals surface area contributed by atoms with Crippen LogP contribution in [0.4, 0.5) is 19.1 Å². The maximum absolute atomic E-state index is 12.9. The quantitative estimate of drug-likeness (QED) is 0.377. The fraction of sp³-hybridized carbons (Fsp3) is 0.318. The number of fused-ring (bicyclic) bond motifs is 2. The highest BCUT2D eigenvalue weighted by Crippen LogP contribution is 2.35. The van der Waals surface area contributed by atoms with Gasteiger partial charge in [0.05, 0.1) is 16.5 Å². The lowest BCUT2D eigenvalue weighted by molar-refractivity contribution is -0.137. The van der Waals surface area contributed by atoms with Gasteiger partial charge in [-0.25, -0.2) is 9.97 Å². The van der Waals surface area contributed by atoms with Crippen LogP contribution in [0, 0.1) is 0 Å². The lowest BCUT2D eigenvalue weighted by Crippen LogP contribution is -2.08. The van der Waals surface area contributed by atoms with E-state index in [9.17, 15) is 18.0 Å². The van der Waals surface area contributed by atoms with E-state index in [4.69, 9.17) is 5.73 Å². The van der Waals surface area contributed by atoms with Crippen LogP contribution in [-0.4, -0.2) is 19.9 Å². The predicted octanol–water partition coefficient (Wildman–Crippen LogP) is 5.41. The van der Waals surface area contributed by atoms with Crippen LogP contribution < -0.4 is 11.3 Å². The van der Waals surface area contributed by atoms with Gasteiger partial charge in [0.25, 0.3) is 5.56 Å². The standard InChI is InChI=1S/C16H10F3N5O.C6H12/c17-16(18,19)7-1-2-8-9(4-21-12(8)3-7)10-5-22-14(25)11-6-23-15(20)24-13(10)11;1-2-4-6-5-3-1/h1-6,21H,(H,22,25)(H2,20,23,24);1-6H2. The molecular formula is C22H22F3N5O. The summed E-state index contributed by atoms with van der Waals surface area (Å²) < 4.78 is 38.6. The Kier molecular flexibility index (Phi) is 5.67. The Morgan fingerprint density at radius 3 is 2.19 bits per heavy atom. The molecular weight excluding hydrogens is 407 g/mol. The number of nitrogen functional groups attached to an aromatic ring is 1. The summed E-state index contributed by atoms with van der Waals surface area (Å²) in [5.41, 5.74) is 6.28. The van der Waals surface area contributed by atoms with Gasteiger partial charge in [-0.15, -0.1) is 0 Å². The molecule has 1 aliphatic carbocycles. The number of H-pyrrole nitrogens is 2. The monoisotopic (exact) mass is 429 g/mol. The zero-order valence-electron chi connectivity index (χ0n) is 16.7. The number of aromatic nitrogens is 4. The average molecular weight is 429 g/mol. The second kappa shape index (κ2) is 8.41. The molecule has 0 saturated heterocycles. The van der Waals surface area contributed by atoms with Gasteiger partial charge in [-0.2, -0.15) is 13.2 Å². The number of nitrogens with one attached hydrogen (secondary N) is 2. The highest BCUT2D eigenvalue weighted by Gasteiger charge is 2.30. The van der Waals surface area contributed by atoms with E-state index in [0.29, 0.717) is 27.5 Å². The van der Waals surface area contributed by atoms with Gasteiger partial charge in [-0.05, 0) is 12.1 Å². The van der Waals surface area contributed by atoms with Crippen molar-refractivity contribution < 1.29 is 13.2 Å². The molecule has 6 nitrogen and oxygen atoms in total. The van der Waals surface area contributed by atoms with E-state index in [1.165, 1.54) is 57.0 Å². The molecule has 4 N–H and O–H groups in total. The Balaban J connectivity index is 0.000000334. The first-order valence-corrected chi connectivity index (χ1v) is 10.2. The highest BCUT2D eigenvalue weighted by molar-refractivity contribution is 6.03. The first-order valence-electron chi connectivity index (χ1n) is 10.2. The number of aromatic amines is 2. The van der Waals surface area contributed by atoms with Crippen LogP contribution in [0.1, 0.15) is 44.1 Å². The maximum atomic E-state index is 12.9.